The second-order valence-electron chi connectivity index (χ2n) is 2.37. The first-order valence-electron chi connectivity index (χ1n) is 3.04. The molecule has 5 heteroatoms. The summed E-state index contributed by atoms with van der Waals surface area (Å²) in [7, 11) is 0. The van der Waals surface area contributed by atoms with Crippen LogP contribution in [0.2, 0.25) is 0 Å². The number of hydrogen-bond donors (Lipinski definition) is 0. The van der Waals surface area contributed by atoms with Gasteiger partial charge in [-0.15, -0.1) is 0 Å². The first kappa shape index (κ1) is 10.5. The molecule has 56 valence electrons. The molecular weight excluding hydrogens is 141 g/mol. The van der Waals surface area contributed by atoms with Gasteiger partial charge in [0.2, 0.25) is 0 Å². The SMILES string of the molecule is CC1=NOC(C(=O)[O-])C1C.[Li+]. The zero-order valence-corrected chi connectivity index (χ0v) is 6.83. The molecule has 0 aliphatic carbocycles. The average molecular weight is 149 g/mol. The zero-order valence-electron chi connectivity index (χ0n) is 6.83. The summed E-state index contributed by atoms with van der Waals surface area (Å²) in [5.74, 6) is -1.36. The zero-order chi connectivity index (χ0) is 7.72. The topological polar surface area (TPSA) is 61.7 Å². The number of nitrogens with zero attached hydrogens (tertiary/aromatic N) is 1. The molecule has 1 aliphatic heterocycles. The Labute approximate surface area is 76.8 Å². The summed E-state index contributed by atoms with van der Waals surface area (Å²) in [6, 6.07) is 0. The number of rotatable bonds is 1. The van der Waals surface area contributed by atoms with E-state index in [0.717, 1.165) is 0 Å². The van der Waals surface area contributed by atoms with Gasteiger partial charge in [0.25, 0.3) is 0 Å². The van der Waals surface area contributed by atoms with Gasteiger partial charge in [0.1, 0.15) is 0 Å². The number of carboxylic acid groups (broad SMARTS) is 1. The van der Waals surface area contributed by atoms with Crippen LogP contribution in [0.4, 0.5) is 0 Å². The van der Waals surface area contributed by atoms with Gasteiger partial charge in [-0.05, 0) is 6.92 Å². The van der Waals surface area contributed by atoms with Crippen LogP contribution in [0.15, 0.2) is 5.16 Å². The average Bonchev–Trinajstić information content (AvgIpc) is 2.14. The molecular formula is C6H8LiNO3. The Balaban J connectivity index is 0.000001000. The van der Waals surface area contributed by atoms with Crippen molar-refractivity contribution in [3.05, 3.63) is 0 Å². The van der Waals surface area contributed by atoms with E-state index in [2.05, 4.69) is 9.99 Å². The fourth-order valence-corrected chi connectivity index (χ4v) is 0.781. The Morgan fingerprint density at radius 2 is 2.27 bits per heavy atom. The Morgan fingerprint density at radius 1 is 1.73 bits per heavy atom. The number of oxime groups is 1. The van der Waals surface area contributed by atoms with E-state index in [9.17, 15) is 9.90 Å². The third kappa shape index (κ3) is 1.98. The molecule has 0 saturated heterocycles. The molecule has 11 heavy (non-hydrogen) atoms. The van der Waals surface area contributed by atoms with E-state index in [4.69, 9.17) is 0 Å². The maximum absolute atomic E-state index is 10.2. The van der Waals surface area contributed by atoms with Crippen LogP contribution in [-0.2, 0) is 9.63 Å². The van der Waals surface area contributed by atoms with Crippen molar-refractivity contribution in [2.75, 3.05) is 0 Å². The van der Waals surface area contributed by atoms with Crippen LogP contribution in [0.25, 0.3) is 0 Å². The molecule has 0 fully saturated rings. The van der Waals surface area contributed by atoms with Gasteiger partial charge in [0.05, 0.1) is 11.7 Å². The van der Waals surface area contributed by atoms with Gasteiger partial charge in [-0.3, -0.25) is 0 Å². The third-order valence-electron chi connectivity index (χ3n) is 1.66. The van der Waals surface area contributed by atoms with Crippen molar-refractivity contribution in [2.24, 2.45) is 11.1 Å². The van der Waals surface area contributed by atoms with Crippen molar-refractivity contribution in [3.63, 3.8) is 0 Å². The molecule has 2 atom stereocenters. The van der Waals surface area contributed by atoms with Crippen LogP contribution in [0.5, 0.6) is 0 Å². The minimum atomic E-state index is -1.20. The minimum Gasteiger partial charge on any atom is -0.546 e. The van der Waals surface area contributed by atoms with E-state index in [-0.39, 0.29) is 24.8 Å². The molecule has 1 aliphatic rings. The molecule has 2 unspecified atom stereocenters. The van der Waals surface area contributed by atoms with Gasteiger partial charge in [0.15, 0.2) is 6.10 Å². The smallest absolute Gasteiger partial charge is 0.546 e. The van der Waals surface area contributed by atoms with E-state index in [1.807, 2.05) is 0 Å². The van der Waals surface area contributed by atoms with E-state index >= 15 is 0 Å². The predicted molar refractivity (Wildman–Crippen MR) is 32.2 cm³/mol. The summed E-state index contributed by atoms with van der Waals surface area (Å²) in [5.41, 5.74) is 0.703. The molecule has 0 bridgehead atoms. The number of carbonyl (C=O) groups is 1. The van der Waals surface area contributed by atoms with Crippen LogP contribution in [-0.4, -0.2) is 17.8 Å². The molecule has 0 radical (unpaired) electrons. The first-order chi connectivity index (χ1) is 4.63. The molecule has 0 amide bonds. The largest absolute Gasteiger partial charge is 1.00 e. The van der Waals surface area contributed by atoms with Gasteiger partial charge in [-0.2, -0.15) is 0 Å². The number of aliphatic carboxylic acids is 1. The second-order valence-corrected chi connectivity index (χ2v) is 2.37. The predicted octanol–water partition coefficient (Wildman–Crippen LogP) is -3.85. The van der Waals surface area contributed by atoms with Crippen LogP contribution in [0, 0.1) is 5.92 Å². The van der Waals surface area contributed by atoms with Crippen molar-refractivity contribution >= 4 is 11.7 Å². The van der Waals surface area contributed by atoms with E-state index in [1.165, 1.54) is 0 Å². The van der Waals surface area contributed by atoms with E-state index < -0.39 is 12.1 Å². The summed E-state index contributed by atoms with van der Waals surface area (Å²) in [5, 5.41) is 13.8. The molecule has 0 saturated carbocycles. The molecule has 0 N–H and O–H groups in total. The molecule has 0 aromatic heterocycles. The summed E-state index contributed by atoms with van der Waals surface area (Å²) >= 11 is 0. The van der Waals surface area contributed by atoms with Crippen molar-refractivity contribution < 1.29 is 33.6 Å². The molecule has 1 heterocycles. The van der Waals surface area contributed by atoms with Crippen LogP contribution < -0.4 is 24.0 Å². The van der Waals surface area contributed by atoms with Crippen LogP contribution in [0.3, 0.4) is 0 Å². The number of carbonyl (C=O) groups excluding carboxylic acids is 1. The fourth-order valence-electron chi connectivity index (χ4n) is 0.781. The summed E-state index contributed by atoms with van der Waals surface area (Å²) < 4.78 is 0. The molecule has 0 spiro atoms. The number of hydrogen-bond acceptors (Lipinski definition) is 4. The molecule has 0 aromatic carbocycles. The monoisotopic (exact) mass is 149 g/mol. The Bertz CT molecular complexity index is 192. The summed E-state index contributed by atoms with van der Waals surface area (Å²) in [6.07, 6.45) is -0.889. The standard InChI is InChI=1S/C6H9NO3.Li/c1-3-4(2)7-10-5(3)6(8)9;/h3,5H,1-2H3,(H,8,9);/q;+1/p-1. The van der Waals surface area contributed by atoms with E-state index in [1.54, 1.807) is 13.8 Å². The quantitative estimate of drug-likeness (QED) is 0.358. The first-order valence-corrected chi connectivity index (χ1v) is 3.04. The molecule has 0 aromatic rings. The third-order valence-corrected chi connectivity index (χ3v) is 1.66. The molecule has 4 nitrogen and oxygen atoms in total. The van der Waals surface area contributed by atoms with Crippen molar-refractivity contribution in [3.8, 4) is 0 Å². The fraction of sp³-hybridized carbons (Fsp3) is 0.667. The van der Waals surface area contributed by atoms with Crippen molar-refractivity contribution in [2.45, 2.75) is 20.0 Å². The van der Waals surface area contributed by atoms with Gasteiger partial charge >= 0.3 is 18.9 Å². The van der Waals surface area contributed by atoms with Gasteiger partial charge in [0, 0.05) is 5.92 Å². The minimum absolute atomic E-state index is 0. The summed E-state index contributed by atoms with van der Waals surface area (Å²) in [4.78, 5) is 14.8. The maximum Gasteiger partial charge on any atom is 1.00 e. The van der Waals surface area contributed by atoms with Crippen LogP contribution >= 0.6 is 0 Å². The van der Waals surface area contributed by atoms with Crippen molar-refractivity contribution in [1.82, 2.24) is 0 Å². The van der Waals surface area contributed by atoms with Gasteiger partial charge in [-0.25, -0.2) is 0 Å². The Morgan fingerprint density at radius 3 is 2.45 bits per heavy atom. The maximum atomic E-state index is 10.2. The normalized spacial score (nSPS) is 28.4. The second kappa shape index (κ2) is 3.79. The van der Waals surface area contributed by atoms with Gasteiger partial charge < -0.3 is 14.7 Å². The van der Waals surface area contributed by atoms with Crippen LogP contribution in [0.1, 0.15) is 13.8 Å². The number of carboxylic acids is 1. The van der Waals surface area contributed by atoms with Crippen molar-refractivity contribution in [1.29, 1.82) is 0 Å². The Hall–Kier alpha value is -0.463. The van der Waals surface area contributed by atoms with Gasteiger partial charge in [-0.1, -0.05) is 12.1 Å². The summed E-state index contributed by atoms with van der Waals surface area (Å²) in [6.45, 7) is 3.47. The Kier molecular flexibility index (Phi) is 3.63. The van der Waals surface area contributed by atoms with E-state index in [0.29, 0.717) is 5.71 Å². The molecule has 1 rings (SSSR count).